The Hall–Kier alpha value is -3.82. The fourth-order valence-corrected chi connectivity index (χ4v) is 4.37. The highest BCUT2D eigenvalue weighted by Gasteiger charge is 2.34. The van der Waals surface area contributed by atoms with Crippen LogP contribution in [-0.4, -0.2) is 29.4 Å². The highest BCUT2D eigenvalue weighted by Crippen LogP contribution is 2.28. The normalized spacial score (nSPS) is 14.6. The summed E-state index contributed by atoms with van der Waals surface area (Å²) in [5.74, 6) is -0.936. The number of hydrogen-bond acceptors (Lipinski definition) is 5. The summed E-state index contributed by atoms with van der Waals surface area (Å²) >= 11 is 8.65. The Morgan fingerprint density at radius 1 is 1.08 bits per heavy atom. The summed E-state index contributed by atoms with van der Waals surface area (Å²) in [6.45, 7) is 3.74. The Morgan fingerprint density at radius 3 is 2.56 bits per heavy atom. The lowest BCUT2D eigenvalue weighted by Crippen LogP contribution is -2.54. The Kier molecular flexibility index (Phi) is 7.61. The smallest absolute Gasteiger partial charge is 0.270 e. The van der Waals surface area contributed by atoms with Gasteiger partial charge in [0.25, 0.3) is 17.7 Å². The zero-order valence-electron chi connectivity index (χ0n) is 19.5. The van der Waals surface area contributed by atoms with Crippen molar-refractivity contribution in [2.75, 3.05) is 16.8 Å². The van der Waals surface area contributed by atoms with Crippen LogP contribution in [0.1, 0.15) is 16.7 Å². The molecule has 1 fully saturated rings. The van der Waals surface area contributed by atoms with Gasteiger partial charge in [-0.05, 0) is 95.1 Å². The van der Waals surface area contributed by atoms with Crippen LogP contribution >= 0.6 is 28.1 Å². The van der Waals surface area contributed by atoms with E-state index >= 15 is 0 Å². The van der Waals surface area contributed by atoms with E-state index in [1.54, 1.807) is 42.5 Å². The van der Waals surface area contributed by atoms with Crippen LogP contribution in [0.25, 0.3) is 6.08 Å². The summed E-state index contributed by atoms with van der Waals surface area (Å²) in [5.41, 5.74) is 3.91. The van der Waals surface area contributed by atoms with Gasteiger partial charge in [0.05, 0.1) is 10.2 Å². The molecular weight excluding hydrogens is 542 g/mol. The molecule has 0 spiro atoms. The first-order valence-electron chi connectivity index (χ1n) is 11.0. The van der Waals surface area contributed by atoms with Gasteiger partial charge >= 0.3 is 0 Å². The van der Waals surface area contributed by atoms with Gasteiger partial charge < -0.3 is 10.1 Å². The van der Waals surface area contributed by atoms with E-state index in [0.717, 1.165) is 16.8 Å². The zero-order valence-corrected chi connectivity index (χ0v) is 21.9. The van der Waals surface area contributed by atoms with Crippen LogP contribution in [0.2, 0.25) is 0 Å². The van der Waals surface area contributed by atoms with Gasteiger partial charge in [-0.1, -0.05) is 36.4 Å². The van der Waals surface area contributed by atoms with Gasteiger partial charge in [-0.15, -0.1) is 0 Å². The number of amides is 3. The van der Waals surface area contributed by atoms with Gasteiger partial charge in [0, 0.05) is 5.69 Å². The Bertz CT molecular complexity index is 1410. The number of rotatable bonds is 6. The molecular formula is C27H22BrN3O4S. The first-order valence-corrected chi connectivity index (χ1v) is 12.2. The SMILES string of the molecule is Cc1cccc(NC(=O)COc2ccc(/C=C3/C(=O)NC(=S)N(c4ccccc4)C3=O)cc2Br)c1C. The van der Waals surface area contributed by atoms with E-state index in [1.165, 1.54) is 11.0 Å². The van der Waals surface area contributed by atoms with Gasteiger partial charge in [-0.25, -0.2) is 0 Å². The van der Waals surface area contributed by atoms with E-state index < -0.39 is 11.8 Å². The lowest BCUT2D eigenvalue weighted by molar-refractivity contribution is -0.122. The zero-order chi connectivity index (χ0) is 25.8. The molecule has 0 saturated carbocycles. The van der Waals surface area contributed by atoms with E-state index in [1.807, 2.05) is 38.1 Å². The van der Waals surface area contributed by atoms with Crippen LogP contribution in [-0.2, 0) is 14.4 Å². The number of carbonyl (C=O) groups excluding carboxylic acids is 3. The molecule has 4 rings (SSSR count). The minimum Gasteiger partial charge on any atom is -0.483 e. The molecule has 2 N–H and O–H groups in total. The second-order valence-electron chi connectivity index (χ2n) is 8.07. The molecule has 182 valence electrons. The third-order valence-electron chi connectivity index (χ3n) is 5.62. The largest absolute Gasteiger partial charge is 0.483 e. The predicted octanol–water partition coefficient (Wildman–Crippen LogP) is 4.91. The van der Waals surface area contributed by atoms with Crippen molar-refractivity contribution in [1.29, 1.82) is 0 Å². The number of carbonyl (C=O) groups is 3. The average molecular weight is 564 g/mol. The molecule has 1 aliphatic heterocycles. The summed E-state index contributed by atoms with van der Waals surface area (Å²) in [4.78, 5) is 39.3. The maximum absolute atomic E-state index is 13.1. The number of hydrogen-bond donors (Lipinski definition) is 2. The molecule has 36 heavy (non-hydrogen) atoms. The number of nitrogens with zero attached hydrogens (tertiary/aromatic N) is 1. The van der Waals surface area contributed by atoms with Crippen molar-refractivity contribution in [1.82, 2.24) is 5.32 Å². The molecule has 7 nitrogen and oxygen atoms in total. The molecule has 0 aliphatic carbocycles. The first kappa shape index (κ1) is 25.3. The number of benzene rings is 3. The number of para-hydroxylation sites is 1. The van der Waals surface area contributed by atoms with Gasteiger partial charge in [0.1, 0.15) is 11.3 Å². The first-order chi connectivity index (χ1) is 17.2. The van der Waals surface area contributed by atoms with Crippen molar-refractivity contribution < 1.29 is 19.1 Å². The average Bonchev–Trinajstić information content (AvgIpc) is 2.84. The minimum absolute atomic E-state index is 0.0254. The molecule has 3 amide bonds. The second kappa shape index (κ2) is 10.8. The highest BCUT2D eigenvalue weighted by molar-refractivity contribution is 9.10. The number of ether oxygens (including phenoxy) is 1. The molecule has 1 aliphatic rings. The van der Waals surface area contributed by atoms with Crippen molar-refractivity contribution in [3.8, 4) is 5.75 Å². The number of nitrogens with one attached hydrogen (secondary N) is 2. The van der Waals surface area contributed by atoms with Crippen LogP contribution in [0, 0.1) is 13.8 Å². The topological polar surface area (TPSA) is 87.7 Å². The van der Waals surface area contributed by atoms with Gasteiger partial charge in [0.2, 0.25) is 0 Å². The summed E-state index contributed by atoms with van der Waals surface area (Å²) in [6.07, 6.45) is 1.48. The molecule has 3 aromatic rings. The summed E-state index contributed by atoms with van der Waals surface area (Å²) in [7, 11) is 0. The minimum atomic E-state index is -0.572. The van der Waals surface area contributed by atoms with E-state index in [-0.39, 0.29) is 23.2 Å². The summed E-state index contributed by atoms with van der Waals surface area (Å²) in [5, 5.41) is 5.44. The van der Waals surface area contributed by atoms with Crippen LogP contribution in [0.15, 0.2) is 76.8 Å². The number of aryl methyl sites for hydroxylation is 1. The molecule has 0 radical (unpaired) electrons. The Morgan fingerprint density at radius 2 is 1.83 bits per heavy atom. The predicted molar refractivity (Wildman–Crippen MR) is 147 cm³/mol. The molecule has 9 heteroatoms. The van der Waals surface area contributed by atoms with E-state index in [9.17, 15) is 14.4 Å². The third kappa shape index (κ3) is 5.53. The molecule has 0 aromatic heterocycles. The number of thiocarbonyl (C=S) groups is 1. The Balaban J connectivity index is 1.47. The summed E-state index contributed by atoms with van der Waals surface area (Å²) < 4.78 is 6.23. The maximum atomic E-state index is 13.1. The van der Waals surface area contributed by atoms with Crippen LogP contribution in [0.5, 0.6) is 5.75 Å². The van der Waals surface area contributed by atoms with Crippen molar-refractivity contribution >= 4 is 68.4 Å². The quantitative estimate of drug-likeness (QED) is 0.252. The molecule has 3 aromatic carbocycles. The summed E-state index contributed by atoms with van der Waals surface area (Å²) in [6, 6.07) is 19.6. The van der Waals surface area contributed by atoms with Crippen molar-refractivity contribution in [2.24, 2.45) is 0 Å². The lowest BCUT2D eigenvalue weighted by atomic mass is 10.1. The highest BCUT2D eigenvalue weighted by atomic mass is 79.9. The van der Waals surface area contributed by atoms with Gasteiger partial charge in [0.15, 0.2) is 11.7 Å². The number of halogens is 1. The van der Waals surface area contributed by atoms with Crippen molar-refractivity contribution in [3.05, 3.63) is 93.5 Å². The lowest BCUT2D eigenvalue weighted by Gasteiger charge is -2.28. The third-order valence-corrected chi connectivity index (χ3v) is 6.52. The van der Waals surface area contributed by atoms with Gasteiger partial charge in [-0.3, -0.25) is 24.6 Å². The maximum Gasteiger partial charge on any atom is 0.270 e. The Labute approximate surface area is 222 Å². The van der Waals surface area contributed by atoms with Crippen LogP contribution in [0.4, 0.5) is 11.4 Å². The van der Waals surface area contributed by atoms with Crippen LogP contribution in [0.3, 0.4) is 0 Å². The molecule has 1 saturated heterocycles. The standard InChI is InChI=1S/C27H22BrN3O4S/c1-16-7-6-10-22(17(16)2)29-24(32)15-35-23-12-11-18(14-21(23)28)13-20-25(33)30-27(36)31(26(20)34)19-8-4-3-5-9-19/h3-14H,15H2,1-2H3,(H,29,32)(H,30,33,36)/b20-13-. The van der Waals surface area contributed by atoms with E-state index in [4.69, 9.17) is 17.0 Å². The second-order valence-corrected chi connectivity index (χ2v) is 9.31. The fourth-order valence-electron chi connectivity index (χ4n) is 3.58. The molecule has 0 unspecified atom stereocenters. The van der Waals surface area contributed by atoms with Gasteiger partial charge in [-0.2, -0.15) is 0 Å². The van der Waals surface area contributed by atoms with Crippen molar-refractivity contribution in [2.45, 2.75) is 13.8 Å². The van der Waals surface area contributed by atoms with E-state index in [0.29, 0.717) is 21.5 Å². The molecule has 1 heterocycles. The van der Waals surface area contributed by atoms with Crippen molar-refractivity contribution in [3.63, 3.8) is 0 Å². The van der Waals surface area contributed by atoms with E-state index in [2.05, 4.69) is 26.6 Å². The van der Waals surface area contributed by atoms with Crippen LogP contribution < -0.4 is 20.3 Å². The molecule has 0 atom stereocenters. The number of anilines is 2. The fraction of sp³-hybridized carbons (Fsp3) is 0.111. The monoisotopic (exact) mass is 563 g/mol. The molecule has 0 bridgehead atoms.